The number of anilines is 1. The second-order valence-electron chi connectivity index (χ2n) is 11.0. The summed E-state index contributed by atoms with van der Waals surface area (Å²) in [5.74, 6) is -0.407. The molecule has 3 unspecified atom stereocenters. The van der Waals surface area contributed by atoms with Crippen LogP contribution in [0.1, 0.15) is 38.7 Å². The highest BCUT2D eigenvalue weighted by Gasteiger charge is 2.55. The molecule has 3 saturated heterocycles. The van der Waals surface area contributed by atoms with E-state index in [2.05, 4.69) is 4.90 Å². The molecule has 3 fully saturated rings. The van der Waals surface area contributed by atoms with Crippen LogP contribution in [0.15, 0.2) is 47.4 Å². The van der Waals surface area contributed by atoms with E-state index in [1.165, 1.54) is 27.4 Å². The van der Waals surface area contributed by atoms with Crippen LogP contribution < -0.4 is 5.73 Å². The Bertz CT molecular complexity index is 1380. The first-order valence-corrected chi connectivity index (χ1v) is 15.9. The molecule has 0 saturated carbocycles. The summed E-state index contributed by atoms with van der Waals surface area (Å²) >= 11 is 12.5. The Hall–Kier alpha value is -2.37. The minimum atomic E-state index is -4.18. The first-order valence-electron chi connectivity index (χ1n) is 13.7. The van der Waals surface area contributed by atoms with Gasteiger partial charge < -0.3 is 15.5 Å². The Morgan fingerprint density at radius 3 is 2.25 bits per heavy atom. The van der Waals surface area contributed by atoms with E-state index in [0.29, 0.717) is 23.8 Å². The Kier molecular flexibility index (Phi) is 8.37. The van der Waals surface area contributed by atoms with Gasteiger partial charge in [0.15, 0.2) is 0 Å². The molecule has 0 radical (unpaired) electrons. The number of nitrogen functional groups attached to an aromatic ring is 1. The molecular formula is C28H35Cl2N5O4S. The Morgan fingerprint density at radius 2 is 1.62 bits per heavy atom. The van der Waals surface area contributed by atoms with Crippen LogP contribution in [-0.2, 0) is 26.0 Å². The Morgan fingerprint density at radius 1 is 0.950 bits per heavy atom. The van der Waals surface area contributed by atoms with Crippen LogP contribution in [0, 0.1) is 0 Å². The monoisotopic (exact) mass is 607 g/mol. The fourth-order valence-corrected chi connectivity index (χ4v) is 8.37. The van der Waals surface area contributed by atoms with Gasteiger partial charge in [-0.25, -0.2) is 8.42 Å². The van der Waals surface area contributed by atoms with Gasteiger partial charge >= 0.3 is 0 Å². The maximum atomic E-state index is 14.3. The molecule has 0 bridgehead atoms. The molecule has 2 aromatic rings. The largest absolute Gasteiger partial charge is 0.399 e. The molecule has 2 aromatic carbocycles. The topological polar surface area (TPSA) is 107 Å². The molecule has 2 N–H and O–H groups in total. The van der Waals surface area contributed by atoms with Crippen LogP contribution in [0.2, 0.25) is 10.0 Å². The summed E-state index contributed by atoms with van der Waals surface area (Å²) < 4.78 is 30.0. The number of sulfonamides is 1. The van der Waals surface area contributed by atoms with Crippen molar-refractivity contribution in [3.8, 4) is 0 Å². The van der Waals surface area contributed by atoms with Crippen molar-refractivity contribution in [1.82, 2.24) is 19.0 Å². The lowest BCUT2D eigenvalue weighted by molar-refractivity contribution is -0.172. The fourth-order valence-electron chi connectivity index (χ4n) is 6.04. The number of piperazine rings is 1. The Balaban J connectivity index is 1.62. The number of fused-ring (bicyclic) bond motifs is 1. The summed E-state index contributed by atoms with van der Waals surface area (Å²) in [6.07, 6.45) is 2.28. The number of piperidine rings is 1. The molecule has 0 aromatic heterocycles. The lowest BCUT2D eigenvalue weighted by Crippen LogP contribution is -2.76. The highest BCUT2D eigenvalue weighted by molar-refractivity contribution is 7.89. The van der Waals surface area contributed by atoms with Crippen molar-refractivity contribution in [3.05, 3.63) is 58.1 Å². The number of benzene rings is 2. The number of halogens is 2. The molecule has 3 aliphatic rings. The van der Waals surface area contributed by atoms with E-state index in [0.717, 1.165) is 24.8 Å². The number of rotatable bonds is 6. The zero-order chi connectivity index (χ0) is 28.8. The van der Waals surface area contributed by atoms with Gasteiger partial charge in [0, 0.05) is 29.7 Å². The number of carbonyl (C=O) groups excluding carboxylic acids is 2. The van der Waals surface area contributed by atoms with Crippen molar-refractivity contribution >= 4 is 50.7 Å². The van der Waals surface area contributed by atoms with Crippen LogP contribution in [0.25, 0.3) is 0 Å². The molecule has 3 heterocycles. The second-order valence-corrected chi connectivity index (χ2v) is 13.7. The fraction of sp³-hybridized carbons (Fsp3) is 0.500. The number of amides is 2. The molecule has 216 valence electrons. The lowest BCUT2D eigenvalue weighted by atomic mass is 9.95. The van der Waals surface area contributed by atoms with Crippen LogP contribution in [0.5, 0.6) is 0 Å². The van der Waals surface area contributed by atoms with E-state index < -0.39 is 28.3 Å². The molecule has 9 nitrogen and oxygen atoms in total. The quantitative estimate of drug-likeness (QED) is 0.504. The second kappa shape index (κ2) is 11.5. The van der Waals surface area contributed by atoms with Gasteiger partial charge in [0.05, 0.1) is 11.6 Å². The van der Waals surface area contributed by atoms with E-state index in [-0.39, 0.29) is 47.3 Å². The molecule has 40 heavy (non-hydrogen) atoms. The van der Waals surface area contributed by atoms with Gasteiger partial charge in [-0.05, 0) is 75.7 Å². The van der Waals surface area contributed by atoms with E-state index in [4.69, 9.17) is 28.9 Å². The normalized spacial score (nSPS) is 25.0. The molecule has 2 amide bonds. The maximum Gasteiger partial charge on any atom is 0.246 e. The highest BCUT2D eigenvalue weighted by Crippen LogP contribution is 2.36. The summed E-state index contributed by atoms with van der Waals surface area (Å²) in [7, 11) is -4.18. The average molecular weight is 609 g/mol. The summed E-state index contributed by atoms with van der Waals surface area (Å²) in [4.78, 5) is 33.4. The van der Waals surface area contributed by atoms with Crippen molar-refractivity contribution in [3.63, 3.8) is 0 Å². The van der Waals surface area contributed by atoms with E-state index in [1.807, 2.05) is 26.0 Å². The van der Waals surface area contributed by atoms with Gasteiger partial charge in [-0.3, -0.25) is 14.5 Å². The first-order chi connectivity index (χ1) is 19.0. The third kappa shape index (κ3) is 5.44. The standard InChI is InChI=1S/C28H35Cl2N5O4S/c1-18(2)33-17-26-34(40(38,39)25-11-8-20(29)15-22(25)30)16-24(32-12-4-3-5-13-32)28(37)35(26)23(27(33)36)14-19-6-9-21(31)10-7-19/h6-11,15,18,23-24,26H,3-5,12-14,16-17,31H2,1-2H3. The number of carbonyl (C=O) groups is 2. The Labute approximate surface area is 245 Å². The third-order valence-corrected chi connectivity index (χ3v) is 10.7. The zero-order valence-corrected chi connectivity index (χ0v) is 25.0. The molecule has 5 rings (SSSR count). The summed E-state index contributed by atoms with van der Waals surface area (Å²) in [5, 5.41) is 0.333. The van der Waals surface area contributed by atoms with Crippen molar-refractivity contribution in [1.29, 1.82) is 0 Å². The minimum absolute atomic E-state index is 0.0106. The van der Waals surface area contributed by atoms with Crippen LogP contribution in [0.3, 0.4) is 0 Å². The van der Waals surface area contributed by atoms with Crippen molar-refractivity contribution in [2.45, 2.75) is 68.7 Å². The summed E-state index contributed by atoms with van der Waals surface area (Å²) in [6.45, 7) is 5.22. The zero-order valence-electron chi connectivity index (χ0n) is 22.7. The first kappa shape index (κ1) is 29.1. The van der Waals surface area contributed by atoms with Crippen LogP contribution >= 0.6 is 23.2 Å². The molecule has 12 heteroatoms. The maximum absolute atomic E-state index is 14.3. The predicted molar refractivity (Wildman–Crippen MR) is 155 cm³/mol. The van der Waals surface area contributed by atoms with Crippen molar-refractivity contribution < 1.29 is 18.0 Å². The molecule has 3 atom stereocenters. The van der Waals surface area contributed by atoms with Gasteiger partial charge in [0.1, 0.15) is 23.1 Å². The molecule has 0 spiro atoms. The van der Waals surface area contributed by atoms with E-state index >= 15 is 0 Å². The third-order valence-electron chi connectivity index (χ3n) is 8.15. The SMILES string of the molecule is CC(C)N1CC2N(C(=O)C(N3CCCCC3)CN2S(=O)(=O)c2ccc(Cl)cc2Cl)C(Cc2ccc(N)cc2)C1=O. The summed E-state index contributed by atoms with van der Waals surface area (Å²) in [6, 6.07) is 9.72. The molecular weight excluding hydrogens is 573 g/mol. The van der Waals surface area contributed by atoms with Gasteiger partial charge in [-0.15, -0.1) is 0 Å². The van der Waals surface area contributed by atoms with E-state index in [1.54, 1.807) is 17.0 Å². The van der Waals surface area contributed by atoms with Crippen molar-refractivity contribution in [2.24, 2.45) is 0 Å². The highest BCUT2D eigenvalue weighted by atomic mass is 35.5. The van der Waals surface area contributed by atoms with Crippen molar-refractivity contribution in [2.75, 3.05) is 31.9 Å². The minimum Gasteiger partial charge on any atom is -0.399 e. The number of hydrogen-bond acceptors (Lipinski definition) is 6. The number of hydrogen-bond donors (Lipinski definition) is 1. The smallest absolute Gasteiger partial charge is 0.246 e. The van der Waals surface area contributed by atoms with Gasteiger partial charge in [-0.2, -0.15) is 4.31 Å². The van der Waals surface area contributed by atoms with Crippen LogP contribution in [-0.4, -0.2) is 89.7 Å². The van der Waals surface area contributed by atoms with Crippen LogP contribution in [0.4, 0.5) is 5.69 Å². The molecule has 0 aliphatic carbocycles. The number of nitrogens with two attached hydrogens (primary N) is 1. The van der Waals surface area contributed by atoms with Gasteiger partial charge in [0.25, 0.3) is 0 Å². The predicted octanol–water partition coefficient (Wildman–Crippen LogP) is 3.45. The van der Waals surface area contributed by atoms with Gasteiger partial charge in [0.2, 0.25) is 21.8 Å². The number of nitrogens with zero attached hydrogens (tertiary/aromatic N) is 4. The number of likely N-dealkylation sites (tertiary alicyclic amines) is 1. The average Bonchev–Trinajstić information content (AvgIpc) is 2.91. The lowest BCUT2D eigenvalue weighted by Gasteiger charge is -2.55. The van der Waals surface area contributed by atoms with Gasteiger partial charge in [-0.1, -0.05) is 41.8 Å². The summed E-state index contributed by atoms with van der Waals surface area (Å²) in [5.41, 5.74) is 7.31. The molecule has 3 aliphatic heterocycles. The van der Waals surface area contributed by atoms with E-state index in [9.17, 15) is 18.0 Å².